The molecule has 1 saturated heterocycles. The smallest absolute Gasteiger partial charge is 0.306 e. The molecule has 1 aliphatic heterocycles. The maximum Gasteiger partial charge on any atom is 0.306 e. The fourth-order valence-corrected chi connectivity index (χ4v) is 7.35. The van der Waals surface area contributed by atoms with Gasteiger partial charge in [-0.1, -0.05) is 205 Å². The second-order valence-electron chi connectivity index (χ2n) is 16.2. The van der Waals surface area contributed by atoms with Gasteiger partial charge in [-0.2, -0.15) is 0 Å². The summed E-state index contributed by atoms with van der Waals surface area (Å²) in [5, 5.41) is 0. The van der Waals surface area contributed by atoms with E-state index in [9.17, 15) is 19.2 Å². The van der Waals surface area contributed by atoms with Gasteiger partial charge < -0.3 is 19.0 Å². The van der Waals surface area contributed by atoms with E-state index >= 15 is 0 Å². The normalized spacial score (nSPS) is 22.5. The number of carbonyl (C=O) groups excluding carboxylic acids is 4. The quantitative estimate of drug-likeness (QED) is 0.204. The lowest BCUT2D eigenvalue weighted by atomic mass is 10.0. The first kappa shape index (κ1) is 49.1. The highest BCUT2D eigenvalue weighted by Crippen LogP contribution is 2.18. The number of hydrogen-bond acceptors (Lipinski definition) is 7. The Bertz CT molecular complexity index is 872. The largest absolute Gasteiger partial charge is 0.462 e. The molecule has 0 aromatic rings. The zero-order valence-electron chi connectivity index (χ0n) is 34.7. The molecule has 0 saturated carbocycles. The predicted molar refractivity (Wildman–Crippen MR) is 218 cm³/mol. The van der Waals surface area contributed by atoms with Crippen LogP contribution in [0, 0.1) is 0 Å². The van der Waals surface area contributed by atoms with Gasteiger partial charge in [0.2, 0.25) is 0 Å². The summed E-state index contributed by atoms with van der Waals surface area (Å²) >= 11 is 0. The molecule has 1 fully saturated rings. The SMILES string of the molecule is CC(=O)CCC(=O)OC[C@H]1COC(=O)CCCCCCCCCCCCCCCCCCCCCCCCCCCCCCCCCCCCC(=O)O1. The maximum atomic E-state index is 12.6. The minimum atomic E-state index is -0.845. The third-order valence-electron chi connectivity index (χ3n) is 10.9. The minimum absolute atomic E-state index is 0.0181. The molecule has 0 bridgehead atoms. The van der Waals surface area contributed by atoms with Gasteiger partial charge in [-0.3, -0.25) is 14.4 Å². The van der Waals surface area contributed by atoms with E-state index < -0.39 is 12.1 Å². The summed E-state index contributed by atoms with van der Waals surface area (Å²) in [6.45, 7) is 1.11. The number of esters is 3. The van der Waals surface area contributed by atoms with E-state index in [0.29, 0.717) is 12.8 Å². The van der Waals surface area contributed by atoms with Crippen molar-refractivity contribution >= 4 is 23.7 Å². The first-order valence-electron chi connectivity index (χ1n) is 23.0. The Morgan fingerprint density at radius 3 is 1.04 bits per heavy atom. The number of cyclic esters (lactones) is 2. The van der Waals surface area contributed by atoms with Crippen molar-refractivity contribution in [3.63, 3.8) is 0 Å². The van der Waals surface area contributed by atoms with Crippen LogP contribution in [-0.4, -0.2) is 43.0 Å². The van der Waals surface area contributed by atoms with Crippen LogP contribution in [0.4, 0.5) is 0 Å². The third-order valence-corrected chi connectivity index (χ3v) is 10.9. The number of ketones is 1. The van der Waals surface area contributed by atoms with E-state index in [2.05, 4.69) is 0 Å². The highest BCUT2D eigenvalue weighted by molar-refractivity contribution is 5.81. The molecular weight excluding hydrogens is 664 g/mol. The van der Waals surface area contributed by atoms with Crippen LogP contribution in [0.25, 0.3) is 0 Å². The lowest BCUT2D eigenvalue weighted by Gasteiger charge is -2.18. The number of hydrogen-bond donors (Lipinski definition) is 0. The molecule has 1 atom stereocenters. The molecule has 0 N–H and O–H groups in total. The van der Waals surface area contributed by atoms with Crippen LogP contribution < -0.4 is 0 Å². The first-order chi connectivity index (χ1) is 26.0. The lowest BCUT2D eigenvalue weighted by molar-refractivity contribution is -0.167. The number of carbonyl (C=O) groups is 4. The van der Waals surface area contributed by atoms with Gasteiger partial charge in [-0.05, 0) is 19.8 Å². The van der Waals surface area contributed by atoms with E-state index in [0.717, 1.165) is 38.5 Å². The van der Waals surface area contributed by atoms with Gasteiger partial charge >= 0.3 is 17.9 Å². The monoisotopic (exact) mass is 749 g/mol. The third kappa shape index (κ3) is 36.8. The molecule has 7 nitrogen and oxygen atoms in total. The van der Waals surface area contributed by atoms with E-state index in [4.69, 9.17) is 14.2 Å². The highest BCUT2D eigenvalue weighted by atomic mass is 16.6. The van der Waals surface area contributed by atoms with Crippen molar-refractivity contribution in [3.8, 4) is 0 Å². The van der Waals surface area contributed by atoms with Crippen molar-refractivity contribution in [2.24, 2.45) is 0 Å². The molecule has 1 heterocycles. The number of Topliss-reactive ketones (excluding diaryl/α,β-unsaturated/α-hetero) is 1. The topological polar surface area (TPSA) is 96.0 Å². The van der Waals surface area contributed by atoms with E-state index in [1.54, 1.807) is 0 Å². The summed E-state index contributed by atoms with van der Waals surface area (Å²) in [5.41, 5.74) is 0. The summed E-state index contributed by atoms with van der Waals surface area (Å²) in [6.07, 6.45) is 44.1. The average molecular weight is 749 g/mol. The number of rotatable bonds is 5. The standard InChI is InChI=1S/C46H84O7/c1-42(47)38-39-45(49)52-41-43-40-51-44(48)36-34-32-30-28-26-24-22-20-18-16-14-12-10-8-6-4-2-3-5-7-9-11-13-15-17-19-21-23-25-27-29-31-33-35-37-46(50)53-43/h43H,2-41H2,1H3/t43-/m1/s1. The Kier molecular flexibility index (Phi) is 35.5. The lowest BCUT2D eigenvalue weighted by Crippen LogP contribution is -2.31. The van der Waals surface area contributed by atoms with E-state index in [-0.39, 0.29) is 43.8 Å². The van der Waals surface area contributed by atoms with Crippen molar-refractivity contribution in [2.75, 3.05) is 13.2 Å². The minimum Gasteiger partial charge on any atom is -0.462 e. The maximum absolute atomic E-state index is 12.6. The Morgan fingerprint density at radius 1 is 0.453 bits per heavy atom. The van der Waals surface area contributed by atoms with Crippen molar-refractivity contribution in [2.45, 2.75) is 257 Å². The molecule has 0 aromatic heterocycles. The van der Waals surface area contributed by atoms with Gasteiger partial charge in [0.1, 0.15) is 19.0 Å². The zero-order valence-corrected chi connectivity index (χ0v) is 34.7. The van der Waals surface area contributed by atoms with Crippen molar-refractivity contribution in [1.29, 1.82) is 0 Å². The summed E-state index contributed by atoms with van der Waals surface area (Å²) in [5.74, 6) is -1.30. The Labute approximate surface area is 326 Å². The zero-order chi connectivity index (χ0) is 38.3. The van der Waals surface area contributed by atoms with Crippen molar-refractivity contribution < 1.29 is 33.4 Å². The first-order valence-corrected chi connectivity index (χ1v) is 23.0. The van der Waals surface area contributed by atoms with Crippen molar-refractivity contribution in [3.05, 3.63) is 0 Å². The molecule has 310 valence electrons. The average Bonchev–Trinajstić information content (AvgIpc) is 3.14. The van der Waals surface area contributed by atoms with Gasteiger partial charge in [0.25, 0.3) is 0 Å². The molecule has 0 unspecified atom stereocenters. The van der Waals surface area contributed by atoms with Crippen LogP contribution in [0.2, 0.25) is 0 Å². The second kappa shape index (κ2) is 38.4. The molecular formula is C46H84O7. The fraction of sp³-hybridized carbons (Fsp3) is 0.913. The molecule has 53 heavy (non-hydrogen) atoms. The summed E-state index contributed by atoms with van der Waals surface area (Å²) in [4.78, 5) is 48.3. The van der Waals surface area contributed by atoms with Crippen LogP contribution in [-0.2, 0) is 33.4 Å². The van der Waals surface area contributed by atoms with Crippen LogP contribution >= 0.6 is 0 Å². The Morgan fingerprint density at radius 2 is 0.736 bits per heavy atom. The molecule has 0 radical (unpaired) electrons. The van der Waals surface area contributed by atoms with Crippen molar-refractivity contribution in [1.82, 2.24) is 0 Å². The van der Waals surface area contributed by atoms with E-state index in [1.807, 2.05) is 0 Å². The highest BCUT2D eigenvalue weighted by Gasteiger charge is 2.19. The molecule has 0 spiro atoms. The Hall–Kier alpha value is -1.92. The van der Waals surface area contributed by atoms with Crippen LogP contribution in [0.1, 0.15) is 251 Å². The van der Waals surface area contributed by atoms with Gasteiger partial charge in [-0.15, -0.1) is 0 Å². The van der Waals surface area contributed by atoms with Gasteiger partial charge in [0.15, 0.2) is 6.10 Å². The van der Waals surface area contributed by atoms with E-state index in [1.165, 1.54) is 187 Å². The van der Waals surface area contributed by atoms with Crippen LogP contribution in [0.3, 0.4) is 0 Å². The fourth-order valence-electron chi connectivity index (χ4n) is 7.35. The molecule has 0 aromatic carbocycles. The molecule has 0 aliphatic carbocycles. The molecule has 1 aliphatic rings. The van der Waals surface area contributed by atoms with Crippen LogP contribution in [0.5, 0.6) is 0 Å². The predicted octanol–water partition coefficient (Wildman–Crippen LogP) is 13.4. The van der Waals surface area contributed by atoms with Crippen LogP contribution in [0.15, 0.2) is 0 Å². The Balaban J connectivity index is 2.38. The van der Waals surface area contributed by atoms with Gasteiger partial charge in [0.05, 0.1) is 6.42 Å². The molecule has 7 heteroatoms. The number of ether oxygens (including phenoxy) is 3. The summed E-state index contributed by atoms with van der Waals surface area (Å²) < 4.78 is 16.3. The van der Waals surface area contributed by atoms with Gasteiger partial charge in [-0.25, -0.2) is 0 Å². The van der Waals surface area contributed by atoms with Gasteiger partial charge in [0, 0.05) is 19.3 Å². The summed E-state index contributed by atoms with van der Waals surface area (Å²) in [6, 6.07) is 0. The molecule has 0 amide bonds. The molecule has 1 rings (SSSR count). The second-order valence-corrected chi connectivity index (χ2v) is 16.2. The summed E-state index contributed by atoms with van der Waals surface area (Å²) in [7, 11) is 0.